The average Bonchev–Trinajstić information content (AvgIpc) is 1.89. The van der Waals surface area contributed by atoms with Gasteiger partial charge in [-0.2, -0.15) is 0 Å². The molecule has 58 valence electrons. The smallest absolute Gasteiger partial charge is 0.285 e. The first-order chi connectivity index (χ1) is 4.68. The van der Waals surface area contributed by atoms with Gasteiger partial charge in [0.25, 0.3) is 8.05 Å². The molecule has 0 fully saturated rings. The van der Waals surface area contributed by atoms with E-state index >= 15 is 0 Å². The van der Waals surface area contributed by atoms with Crippen molar-refractivity contribution >= 4 is 31.6 Å². The lowest BCUT2D eigenvalue weighted by Crippen LogP contribution is -2.19. The van der Waals surface area contributed by atoms with Gasteiger partial charge in [0.2, 0.25) is 0 Å². The minimum Gasteiger partial charge on any atom is -0.427 e. The van der Waals surface area contributed by atoms with Gasteiger partial charge in [-0.1, -0.05) is 13.8 Å². The molecule has 10 heavy (non-hydrogen) atoms. The van der Waals surface area contributed by atoms with Crippen LogP contribution in [0.2, 0.25) is 0 Å². The molecule has 0 rings (SSSR count). The number of hydrogen-bond donors (Lipinski definition) is 0. The van der Waals surface area contributed by atoms with Gasteiger partial charge in [0.1, 0.15) is 4.27 Å². The fourth-order valence-electron chi connectivity index (χ4n) is 0.634. The van der Waals surface area contributed by atoms with Crippen LogP contribution in [0.15, 0.2) is 0 Å². The van der Waals surface area contributed by atoms with E-state index in [0.29, 0.717) is 0 Å². The number of hydrogen-bond acceptors (Lipinski definition) is 3. The highest BCUT2D eigenvalue weighted by molar-refractivity contribution is 8.17. The van der Waals surface area contributed by atoms with E-state index in [1.165, 1.54) is 0 Å². The Balaban J connectivity index is 3.69. The molecule has 0 spiro atoms. The van der Waals surface area contributed by atoms with Crippen LogP contribution in [0.25, 0.3) is 0 Å². The zero-order chi connectivity index (χ0) is 8.04. The second-order valence-electron chi connectivity index (χ2n) is 1.85. The van der Waals surface area contributed by atoms with Crippen LogP contribution in [-0.2, 0) is 4.65 Å². The topological polar surface area (TPSA) is 9.23 Å². The van der Waals surface area contributed by atoms with E-state index in [1.807, 2.05) is 6.92 Å². The third-order valence-electron chi connectivity index (χ3n) is 1.03. The van der Waals surface area contributed by atoms with Gasteiger partial charge in [-0.3, -0.25) is 0 Å². The van der Waals surface area contributed by atoms with Crippen LogP contribution in [-0.4, -0.2) is 23.8 Å². The van der Waals surface area contributed by atoms with Crippen molar-refractivity contribution in [3.8, 4) is 0 Å². The van der Waals surface area contributed by atoms with E-state index < -0.39 is 0 Å². The Kier molecular flexibility index (Phi) is 5.78. The number of rotatable bonds is 5. The van der Waals surface area contributed by atoms with E-state index in [-0.39, 0.29) is 4.27 Å². The van der Waals surface area contributed by atoms with Gasteiger partial charge in [-0.15, -0.1) is 23.5 Å². The fraction of sp³-hybridized carbons (Fsp3) is 1.00. The van der Waals surface area contributed by atoms with Gasteiger partial charge >= 0.3 is 0 Å². The summed E-state index contributed by atoms with van der Waals surface area (Å²) in [5.41, 5.74) is 0. The maximum Gasteiger partial charge on any atom is 0.285 e. The molecule has 0 N–H and O–H groups in total. The predicted molar refractivity (Wildman–Crippen MR) is 51.5 cm³/mol. The van der Waals surface area contributed by atoms with Crippen molar-refractivity contribution in [1.29, 1.82) is 0 Å². The van der Waals surface area contributed by atoms with Crippen molar-refractivity contribution < 1.29 is 4.65 Å². The lowest BCUT2D eigenvalue weighted by Gasteiger charge is -2.26. The fourth-order valence-corrected chi connectivity index (χ4v) is 2.86. The van der Waals surface area contributed by atoms with Crippen molar-refractivity contribution in [3.05, 3.63) is 0 Å². The Morgan fingerprint density at radius 2 is 1.70 bits per heavy atom. The Labute approximate surface area is 73.1 Å². The quantitative estimate of drug-likeness (QED) is 0.469. The predicted octanol–water partition coefficient (Wildman–Crippen LogP) is 2.27. The highest BCUT2D eigenvalue weighted by Gasteiger charge is 2.21. The van der Waals surface area contributed by atoms with Gasteiger partial charge < -0.3 is 4.65 Å². The van der Waals surface area contributed by atoms with Crippen molar-refractivity contribution in [1.82, 2.24) is 0 Å². The molecule has 0 aromatic heterocycles. The van der Waals surface area contributed by atoms with Gasteiger partial charge in [0, 0.05) is 0 Å². The Hall–Kier alpha value is 0.725. The van der Waals surface area contributed by atoms with Crippen LogP contribution in [0.5, 0.6) is 0 Å². The Morgan fingerprint density at radius 1 is 1.30 bits per heavy atom. The maximum absolute atomic E-state index is 5.14. The zero-order valence-corrected chi connectivity index (χ0v) is 8.35. The summed E-state index contributed by atoms with van der Waals surface area (Å²) in [6.45, 7) is 6.19. The highest BCUT2D eigenvalue weighted by atomic mass is 32.2. The van der Waals surface area contributed by atoms with Crippen molar-refractivity contribution in [2.45, 2.75) is 25.0 Å². The molecule has 0 atom stereocenters. The van der Waals surface area contributed by atoms with Crippen molar-refractivity contribution in [2.24, 2.45) is 0 Å². The molecule has 2 radical (unpaired) electrons. The molecule has 0 unspecified atom stereocenters. The van der Waals surface area contributed by atoms with Crippen LogP contribution >= 0.6 is 23.5 Å². The third kappa shape index (κ3) is 3.79. The number of thioether (sulfide) groups is 2. The van der Waals surface area contributed by atoms with Gasteiger partial charge in [-0.25, -0.2) is 0 Å². The molecule has 4 heteroatoms. The maximum atomic E-state index is 5.14. The van der Waals surface area contributed by atoms with Crippen LogP contribution in [0.1, 0.15) is 20.8 Å². The second-order valence-corrected chi connectivity index (χ2v) is 5.39. The first-order valence-corrected chi connectivity index (χ1v) is 5.31. The van der Waals surface area contributed by atoms with Crippen LogP contribution < -0.4 is 0 Å². The first kappa shape index (κ1) is 10.7. The normalized spacial score (nSPS) is 11.9. The minimum atomic E-state index is -0.247. The van der Waals surface area contributed by atoms with Gasteiger partial charge in [0.15, 0.2) is 0 Å². The summed E-state index contributed by atoms with van der Waals surface area (Å²) in [6.07, 6.45) is 0. The molecular formula is C6H13BOS2. The summed E-state index contributed by atoms with van der Waals surface area (Å²) in [5, 5.41) is 0. The molecule has 0 saturated carbocycles. The van der Waals surface area contributed by atoms with Crippen LogP contribution in [0.4, 0.5) is 0 Å². The SMILES string of the molecule is [B]OC(C)(SCC)SCC. The largest absolute Gasteiger partial charge is 0.427 e. The Morgan fingerprint density at radius 3 is 1.90 bits per heavy atom. The van der Waals surface area contributed by atoms with E-state index in [0.717, 1.165) is 11.5 Å². The minimum absolute atomic E-state index is 0.247. The van der Waals surface area contributed by atoms with Crippen LogP contribution in [0, 0.1) is 0 Å². The summed E-state index contributed by atoms with van der Waals surface area (Å²) in [7, 11) is 5.14. The molecule has 0 saturated heterocycles. The van der Waals surface area contributed by atoms with Crippen LogP contribution in [0.3, 0.4) is 0 Å². The molecule has 0 aliphatic rings. The molecular weight excluding hydrogens is 163 g/mol. The summed E-state index contributed by atoms with van der Waals surface area (Å²) in [5.74, 6) is 2.06. The molecule has 0 aromatic rings. The van der Waals surface area contributed by atoms with Crippen molar-refractivity contribution in [2.75, 3.05) is 11.5 Å². The van der Waals surface area contributed by atoms with Gasteiger partial charge in [-0.05, 0) is 18.4 Å². The molecule has 0 aliphatic heterocycles. The highest BCUT2D eigenvalue weighted by Crippen LogP contribution is 2.36. The molecule has 0 aliphatic carbocycles. The summed E-state index contributed by atoms with van der Waals surface area (Å²) >= 11 is 3.44. The lowest BCUT2D eigenvalue weighted by molar-refractivity contribution is 0.306. The van der Waals surface area contributed by atoms with Gasteiger partial charge in [0.05, 0.1) is 0 Å². The van der Waals surface area contributed by atoms with Crippen molar-refractivity contribution in [3.63, 3.8) is 0 Å². The van der Waals surface area contributed by atoms with E-state index in [9.17, 15) is 0 Å². The molecule has 0 amide bonds. The average molecular weight is 176 g/mol. The van der Waals surface area contributed by atoms with E-state index in [1.54, 1.807) is 23.5 Å². The Bertz CT molecular complexity index is 83.8. The molecule has 0 heterocycles. The summed E-state index contributed by atoms with van der Waals surface area (Å²) in [6, 6.07) is 0. The molecule has 0 bridgehead atoms. The first-order valence-electron chi connectivity index (χ1n) is 3.34. The summed E-state index contributed by atoms with van der Waals surface area (Å²) in [4.78, 5) is 0. The molecule has 1 nitrogen and oxygen atoms in total. The summed E-state index contributed by atoms with van der Waals surface area (Å²) < 4.78 is 4.60. The van der Waals surface area contributed by atoms with E-state index in [2.05, 4.69) is 13.8 Å². The lowest BCUT2D eigenvalue weighted by atomic mass is 10.6. The standard InChI is InChI=1S/C6H13BOS2/c1-4-9-6(3,8-7)10-5-2/h4-5H2,1-3H3. The third-order valence-corrected chi connectivity index (χ3v) is 3.55. The molecule has 0 aromatic carbocycles. The monoisotopic (exact) mass is 176 g/mol. The van der Waals surface area contributed by atoms with E-state index in [4.69, 9.17) is 12.7 Å². The zero-order valence-electron chi connectivity index (χ0n) is 6.72. The second kappa shape index (κ2) is 5.39.